The summed E-state index contributed by atoms with van der Waals surface area (Å²) in [6.45, 7) is 2.48. The maximum Gasteiger partial charge on any atom is 0.169 e. The van der Waals surface area contributed by atoms with Crippen molar-refractivity contribution >= 4 is 10.8 Å². The zero-order chi connectivity index (χ0) is 18.5. The summed E-state index contributed by atoms with van der Waals surface area (Å²) in [5, 5.41) is 5.56. The van der Waals surface area contributed by atoms with E-state index in [9.17, 15) is 0 Å². The summed E-state index contributed by atoms with van der Waals surface area (Å²) in [6, 6.07) is 19.9. The van der Waals surface area contributed by atoms with Gasteiger partial charge in [-0.05, 0) is 23.6 Å². The fourth-order valence-electron chi connectivity index (χ4n) is 3.18. The van der Waals surface area contributed by atoms with Crippen molar-refractivity contribution in [2.24, 2.45) is 0 Å². The van der Waals surface area contributed by atoms with E-state index in [-0.39, 0.29) is 6.10 Å². The SMILES string of the molecule is COc1ccc2ccccc2c1OCCNC[C@@H]1COc2ccccc2O1. The van der Waals surface area contributed by atoms with Gasteiger partial charge in [-0.3, -0.25) is 0 Å². The second-order valence-corrected chi connectivity index (χ2v) is 6.37. The van der Waals surface area contributed by atoms with E-state index in [4.69, 9.17) is 18.9 Å². The average Bonchev–Trinajstić information content (AvgIpc) is 2.73. The van der Waals surface area contributed by atoms with E-state index in [1.807, 2.05) is 54.6 Å². The minimum atomic E-state index is -0.00742. The molecule has 27 heavy (non-hydrogen) atoms. The molecule has 0 spiro atoms. The van der Waals surface area contributed by atoms with Crippen LogP contribution in [0, 0.1) is 0 Å². The summed E-state index contributed by atoms with van der Waals surface area (Å²) in [6.07, 6.45) is -0.00742. The third-order valence-corrected chi connectivity index (χ3v) is 4.53. The highest BCUT2D eigenvalue weighted by molar-refractivity contribution is 5.90. The molecule has 0 saturated heterocycles. The predicted molar refractivity (Wildman–Crippen MR) is 105 cm³/mol. The molecule has 0 bridgehead atoms. The average molecular weight is 365 g/mol. The summed E-state index contributed by atoms with van der Waals surface area (Å²) in [5.41, 5.74) is 0. The second kappa shape index (κ2) is 8.18. The maximum atomic E-state index is 6.03. The van der Waals surface area contributed by atoms with Crippen LogP contribution in [0.5, 0.6) is 23.0 Å². The summed E-state index contributed by atoms with van der Waals surface area (Å²) in [7, 11) is 1.66. The lowest BCUT2D eigenvalue weighted by molar-refractivity contribution is 0.0897. The Balaban J connectivity index is 1.29. The van der Waals surface area contributed by atoms with Crippen molar-refractivity contribution in [2.75, 3.05) is 33.4 Å². The molecule has 0 amide bonds. The Morgan fingerprint density at radius 1 is 1.00 bits per heavy atom. The standard InChI is InChI=1S/C22H23NO4/c1-24-21-11-10-16-6-2-3-7-18(16)22(21)25-13-12-23-14-17-15-26-19-8-4-5-9-20(19)27-17/h2-11,17,23H,12-15H2,1H3/t17-/m1/s1. The molecule has 1 atom stereocenters. The molecule has 0 fully saturated rings. The number of hydrogen-bond acceptors (Lipinski definition) is 5. The smallest absolute Gasteiger partial charge is 0.169 e. The molecule has 140 valence electrons. The molecule has 5 heteroatoms. The third kappa shape index (κ3) is 3.93. The lowest BCUT2D eigenvalue weighted by atomic mass is 10.1. The summed E-state index contributed by atoms with van der Waals surface area (Å²) >= 11 is 0. The highest BCUT2D eigenvalue weighted by atomic mass is 16.6. The van der Waals surface area contributed by atoms with Gasteiger partial charge in [-0.2, -0.15) is 0 Å². The van der Waals surface area contributed by atoms with Crippen molar-refractivity contribution < 1.29 is 18.9 Å². The number of benzene rings is 3. The monoisotopic (exact) mass is 365 g/mol. The summed E-state index contributed by atoms with van der Waals surface area (Å²) in [5.74, 6) is 3.13. The fourth-order valence-corrected chi connectivity index (χ4v) is 3.18. The molecular formula is C22H23NO4. The molecule has 3 aromatic rings. The molecule has 3 aromatic carbocycles. The first-order valence-electron chi connectivity index (χ1n) is 9.13. The predicted octanol–water partition coefficient (Wildman–Crippen LogP) is 3.66. The van der Waals surface area contributed by atoms with Gasteiger partial charge in [-0.1, -0.05) is 42.5 Å². The molecule has 1 aliphatic rings. The topological polar surface area (TPSA) is 49.0 Å². The zero-order valence-corrected chi connectivity index (χ0v) is 15.3. The van der Waals surface area contributed by atoms with E-state index in [1.54, 1.807) is 7.11 Å². The van der Waals surface area contributed by atoms with Crippen LogP contribution in [0.25, 0.3) is 10.8 Å². The van der Waals surface area contributed by atoms with Crippen molar-refractivity contribution in [1.29, 1.82) is 0 Å². The van der Waals surface area contributed by atoms with Crippen molar-refractivity contribution in [3.8, 4) is 23.0 Å². The van der Waals surface area contributed by atoms with E-state index in [0.29, 0.717) is 26.3 Å². The number of hydrogen-bond donors (Lipinski definition) is 1. The zero-order valence-electron chi connectivity index (χ0n) is 15.3. The Morgan fingerprint density at radius 3 is 2.70 bits per heavy atom. The van der Waals surface area contributed by atoms with Crippen molar-refractivity contribution in [2.45, 2.75) is 6.10 Å². The first kappa shape index (κ1) is 17.5. The number of fused-ring (bicyclic) bond motifs is 2. The largest absolute Gasteiger partial charge is 0.493 e. The lowest BCUT2D eigenvalue weighted by Gasteiger charge is -2.26. The summed E-state index contributed by atoms with van der Waals surface area (Å²) in [4.78, 5) is 0. The first-order chi connectivity index (χ1) is 13.3. The highest BCUT2D eigenvalue weighted by Crippen LogP contribution is 2.35. The molecule has 0 aromatic heterocycles. The normalized spacial score (nSPS) is 15.5. The van der Waals surface area contributed by atoms with Gasteiger partial charge < -0.3 is 24.3 Å². The van der Waals surface area contributed by atoms with E-state index in [2.05, 4.69) is 11.4 Å². The number of methoxy groups -OCH3 is 1. The van der Waals surface area contributed by atoms with Crippen LogP contribution < -0.4 is 24.3 Å². The van der Waals surface area contributed by atoms with E-state index >= 15 is 0 Å². The highest BCUT2D eigenvalue weighted by Gasteiger charge is 2.19. The minimum Gasteiger partial charge on any atom is -0.493 e. The molecule has 0 saturated carbocycles. The van der Waals surface area contributed by atoms with E-state index < -0.39 is 0 Å². The molecular weight excluding hydrogens is 342 g/mol. The molecule has 4 rings (SSSR count). The molecule has 1 heterocycles. The Morgan fingerprint density at radius 2 is 1.81 bits per heavy atom. The van der Waals surface area contributed by atoms with E-state index in [1.165, 1.54) is 0 Å². The van der Waals surface area contributed by atoms with Crippen molar-refractivity contribution in [3.63, 3.8) is 0 Å². The van der Waals surface area contributed by atoms with Gasteiger partial charge in [-0.15, -0.1) is 0 Å². The van der Waals surface area contributed by atoms with Crippen LogP contribution in [0.15, 0.2) is 60.7 Å². The van der Waals surface area contributed by atoms with Crippen LogP contribution in [0.3, 0.4) is 0 Å². The maximum absolute atomic E-state index is 6.03. The molecule has 0 aliphatic carbocycles. The van der Waals surface area contributed by atoms with Gasteiger partial charge in [0.1, 0.15) is 19.3 Å². The van der Waals surface area contributed by atoms with Gasteiger partial charge >= 0.3 is 0 Å². The molecule has 5 nitrogen and oxygen atoms in total. The van der Waals surface area contributed by atoms with Crippen molar-refractivity contribution in [1.82, 2.24) is 5.32 Å². The van der Waals surface area contributed by atoms with Gasteiger partial charge in [0.2, 0.25) is 0 Å². The Kier molecular flexibility index (Phi) is 5.30. The quantitative estimate of drug-likeness (QED) is 0.648. The van der Waals surface area contributed by atoms with Crippen molar-refractivity contribution in [3.05, 3.63) is 60.7 Å². The van der Waals surface area contributed by atoms with Crippen LogP contribution in [-0.2, 0) is 0 Å². The van der Waals surface area contributed by atoms with Crippen LogP contribution in [0.4, 0.5) is 0 Å². The third-order valence-electron chi connectivity index (χ3n) is 4.53. The van der Waals surface area contributed by atoms with Crippen LogP contribution in [0.1, 0.15) is 0 Å². The van der Waals surface area contributed by atoms with Crippen LogP contribution in [0.2, 0.25) is 0 Å². The Labute approximate surface area is 158 Å². The summed E-state index contributed by atoms with van der Waals surface area (Å²) < 4.78 is 23.2. The first-order valence-corrected chi connectivity index (χ1v) is 9.13. The number of rotatable bonds is 7. The number of nitrogens with one attached hydrogen (secondary N) is 1. The molecule has 1 N–H and O–H groups in total. The Hall–Kier alpha value is -2.92. The lowest BCUT2D eigenvalue weighted by Crippen LogP contribution is -2.39. The molecule has 1 aliphatic heterocycles. The van der Waals surface area contributed by atoms with Gasteiger partial charge in [0, 0.05) is 18.5 Å². The Bertz CT molecular complexity index is 912. The number of ether oxygens (including phenoxy) is 4. The van der Waals surface area contributed by atoms with Gasteiger partial charge in [0.05, 0.1) is 7.11 Å². The van der Waals surface area contributed by atoms with Gasteiger partial charge in [-0.25, -0.2) is 0 Å². The van der Waals surface area contributed by atoms with Crippen LogP contribution in [-0.4, -0.2) is 39.5 Å². The fraction of sp³-hybridized carbons (Fsp3) is 0.273. The second-order valence-electron chi connectivity index (χ2n) is 6.37. The molecule has 0 unspecified atom stereocenters. The molecule has 0 radical (unpaired) electrons. The van der Waals surface area contributed by atoms with Gasteiger partial charge in [0.15, 0.2) is 23.0 Å². The van der Waals surface area contributed by atoms with E-state index in [0.717, 1.165) is 33.8 Å². The van der Waals surface area contributed by atoms with Crippen LogP contribution >= 0.6 is 0 Å². The van der Waals surface area contributed by atoms with Gasteiger partial charge in [0.25, 0.3) is 0 Å². The number of para-hydroxylation sites is 2. The minimum absolute atomic E-state index is 0.00742.